The highest BCUT2D eigenvalue weighted by Crippen LogP contribution is 2.24. The Balaban J connectivity index is 2.13. The van der Waals surface area contributed by atoms with Gasteiger partial charge >= 0.3 is 0 Å². The number of nitrogens with one attached hydrogen (secondary N) is 1. The number of hydrogen-bond acceptors (Lipinski definition) is 4. The fourth-order valence-electron chi connectivity index (χ4n) is 1.98. The van der Waals surface area contributed by atoms with E-state index < -0.39 is 0 Å². The molecule has 1 unspecified atom stereocenters. The summed E-state index contributed by atoms with van der Waals surface area (Å²) in [5.41, 5.74) is 2.13. The van der Waals surface area contributed by atoms with E-state index in [1.165, 1.54) is 5.56 Å². The molecule has 1 aromatic heterocycles. The molecule has 0 radical (unpaired) electrons. The van der Waals surface area contributed by atoms with Gasteiger partial charge in [0.2, 0.25) is 0 Å². The SMILES string of the molecule is CNCc1ccc(N(C)C(C)c2ccc(Cl)cc2)nn1. The predicted octanol–water partition coefficient (Wildman–Crippen LogP) is 3.05. The minimum absolute atomic E-state index is 0.205. The Kier molecular flexibility index (Phi) is 4.93. The molecule has 4 nitrogen and oxygen atoms in total. The maximum atomic E-state index is 5.92. The summed E-state index contributed by atoms with van der Waals surface area (Å²) in [4.78, 5) is 2.10. The van der Waals surface area contributed by atoms with Gasteiger partial charge in [0.05, 0.1) is 11.7 Å². The second kappa shape index (κ2) is 6.68. The van der Waals surface area contributed by atoms with Crippen molar-refractivity contribution in [3.05, 3.63) is 52.7 Å². The number of nitrogens with zero attached hydrogens (tertiary/aromatic N) is 3. The maximum absolute atomic E-state index is 5.92. The van der Waals surface area contributed by atoms with Crippen LogP contribution in [0.5, 0.6) is 0 Å². The van der Waals surface area contributed by atoms with E-state index >= 15 is 0 Å². The Morgan fingerprint density at radius 1 is 1.15 bits per heavy atom. The van der Waals surface area contributed by atoms with Crippen molar-refractivity contribution < 1.29 is 0 Å². The van der Waals surface area contributed by atoms with Gasteiger partial charge in [-0.3, -0.25) is 0 Å². The lowest BCUT2D eigenvalue weighted by molar-refractivity contribution is 0.708. The van der Waals surface area contributed by atoms with Crippen LogP contribution in [-0.4, -0.2) is 24.3 Å². The van der Waals surface area contributed by atoms with Crippen molar-refractivity contribution in [2.75, 3.05) is 19.0 Å². The monoisotopic (exact) mass is 290 g/mol. The van der Waals surface area contributed by atoms with Gasteiger partial charge < -0.3 is 10.2 Å². The fraction of sp³-hybridized carbons (Fsp3) is 0.333. The van der Waals surface area contributed by atoms with E-state index in [1.54, 1.807) is 0 Å². The molecule has 0 spiro atoms. The first kappa shape index (κ1) is 14.8. The Morgan fingerprint density at radius 2 is 1.85 bits per heavy atom. The molecule has 2 rings (SSSR count). The first-order valence-electron chi connectivity index (χ1n) is 6.57. The van der Waals surface area contributed by atoms with Gasteiger partial charge in [0.1, 0.15) is 0 Å². The molecule has 0 saturated carbocycles. The Labute approximate surface area is 124 Å². The van der Waals surface area contributed by atoms with Gasteiger partial charge in [0.15, 0.2) is 5.82 Å². The molecule has 106 valence electrons. The molecule has 1 heterocycles. The van der Waals surface area contributed by atoms with Gasteiger partial charge in [-0.15, -0.1) is 5.10 Å². The van der Waals surface area contributed by atoms with E-state index in [1.807, 2.05) is 50.5 Å². The standard InChI is InChI=1S/C15H19ClN4/c1-11(12-4-6-13(16)7-5-12)20(3)15-9-8-14(10-17-2)18-19-15/h4-9,11,17H,10H2,1-3H3. The quantitative estimate of drug-likeness (QED) is 0.919. The number of aromatic nitrogens is 2. The predicted molar refractivity (Wildman–Crippen MR) is 83.1 cm³/mol. The molecule has 1 atom stereocenters. The lowest BCUT2D eigenvalue weighted by atomic mass is 10.1. The van der Waals surface area contributed by atoms with Crippen LogP contribution >= 0.6 is 11.6 Å². The molecular formula is C15H19ClN4. The zero-order chi connectivity index (χ0) is 14.5. The van der Waals surface area contributed by atoms with Crippen molar-refractivity contribution in [2.45, 2.75) is 19.5 Å². The van der Waals surface area contributed by atoms with E-state index in [2.05, 4.69) is 27.3 Å². The number of benzene rings is 1. The second-order valence-electron chi connectivity index (χ2n) is 4.75. The van der Waals surface area contributed by atoms with Crippen molar-refractivity contribution in [2.24, 2.45) is 0 Å². The molecule has 0 bridgehead atoms. The van der Waals surface area contributed by atoms with E-state index in [0.717, 1.165) is 23.1 Å². The third-order valence-corrected chi connectivity index (χ3v) is 3.61. The van der Waals surface area contributed by atoms with Gasteiger partial charge in [-0.2, -0.15) is 5.10 Å². The summed E-state index contributed by atoms with van der Waals surface area (Å²) in [5.74, 6) is 0.854. The Hall–Kier alpha value is -1.65. The van der Waals surface area contributed by atoms with Crippen LogP contribution in [0.25, 0.3) is 0 Å². The topological polar surface area (TPSA) is 41.0 Å². The molecule has 1 N–H and O–H groups in total. The Morgan fingerprint density at radius 3 is 2.40 bits per heavy atom. The minimum atomic E-state index is 0.205. The van der Waals surface area contributed by atoms with Crippen LogP contribution in [0.1, 0.15) is 24.2 Å². The smallest absolute Gasteiger partial charge is 0.151 e. The molecule has 2 aromatic rings. The molecule has 20 heavy (non-hydrogen) atoms. The molecule has 0 aliphatic heterocycles. The third kappa shape index (κ3) is 3.46. The summed E-state index contributed by atoms with van der Waals surface area (Å²) in [6, 6.07) is 12.1. The summed E-state index contributed by atoms with van der Waals surface area (Å²) in [7, 11) is 3.91. The van der Waals surface area contributed by atoms with Crippen LogP contribution in [0.15, 0.2) is 36.4 Å². The van der Waals surface area contributed by atoms with Gasteiger partial charge in [-0.25, -0.2) is 0 Å². The summed E-state index contributed by atoms with van der Waals surface area (Å²) in [6.07, 6.45) is 0. The zero-order valence-electron chi connectivity index (χ0n) is 12.0. The van der Waals surface area contributed by atoms with Crippen LogP contribution in [0.4, 0.5) is 5.82 Å². The number of rotatable bonds is 5. The fourth-order valence-corrected chi connectivity index (χ4v) is 2.11. The van der Waals surface area contributed by atoms with Crippen LogP contribution in [-0.2, 0) is 6.54 Å². The van der Waals surface area contributed by atoms with Crippen molar-refractivity contribution in [1.29, 1.82) is 0 Å². The molecule has 0 aliphatic carbocycles. The van der Waals surface area contributed by atoms with Gasteiger partial charge in [-0.1, -0.05) is 23.7 Å². The van der Waals surface area contributed by atoms with Crippen molar-refractivity contribution in [1.82, 2.24) is 15.5 Å². The number of hydrogen-bond donors (Lipinski definition) is 1. The Bertz CT molecular complexity index is 539. The van der Waals surface area contributed by atoms with Crippen LogP contribution in [0.3, 0.4) is 0 Å². The highest BCUT2D eigenvalue weighted by molar-refractivity contribution is 6.30. The van der Waals surface area contributed by atoms with Crippen LogP contribution in [0, 0.1) is 0 Å². The highest BCUT2D eigenvalue weighted by Gasteiger charge is 2.13. The third-order valence-electron chi connectivity index (χ3n) is 3.36. The summed E-state index contributed by atoms with van der Waals surface area (Å²) >= 11 is 5.92. The van der Waals surface area contributed by atoms with Gasteiger partial charge in [0.25, 0.3) is 0 Å². The first-order chi connectivity index (χ1) is 9.61. The van der Waals surface area contributed by atoms with E-state index in [9.17, 15) is 0 Å². The zero-order valence-corrected chi connectivity index (χ0v) is 12.7. The minimum Gasteiger partial charge on any atom is -0.351 e. The van der Waals surface area contributed by atoms with Gasteiger partial charge in [0, 0.05) is 18.6 Å². The lowest BCUT2D eigenvalue weighted by Gasteiger charge is -2.26. The average Bonchev–Trinajstić information content (AvgIpc) is 2.48. The largest absolute Gasteiger partial charge is 0.351 e. The molecule has 0 amide bonds. The van der Waals surface area contributed by atoms with Crippen LogP contribution < -0.4 is 10.2 Å². The van der Waals surface area contributed by atoms with Crippen molar-refractivity contribution >= 4 is 17.4 Å². The maximum Gasteiger partial charge on any atom is 0.151 e. The van der Waals surface area contributed by atoms with Crippen molar-refractivity contribution in [3.8, 4) is 0 Å². The normalized spacial score (nSPS) is 12.2. The molecule has 0 saturated heterocycles. The van der Waals surface area contributed by atoms with Crippen LogP contribution in [0.2, 0.25) is 5.02 Å². The molecule has 0 fully saturated rings. The number of halogens is 1. The lowest BCUT2D eigenvalue weighted by Crippen LogP contribution is -2.23. The summed E-state index contributed by atoms with van der Waals surface area (Å²) in [5, 5.41) is 12.3. The molecular weight excluding hydrogens is 272 g/mol. The summed E-state index contributed by atoms with van der Waals surface area (Å²) in [6.45, 7) is 2.86. The summed E-state index contributed by atoms with van der Waals surface area (Å²) < 4.78 is 0. The highest BCUT2D eigenvalue weighted by atomic mass is 35.5. The second-order valence-corrected chi connectivity index (χ2v) is 5.19. The molecule has 5 heteroatoms. The molecule has 1 aromatic carbocycles. The van der Waals surface area contributed by atoms with E-state index in [-0.39, 0.29) is 6.04 Å². The van der Waals surface area contributed by atoms with Gasteiger partial charge in [-0.05, 0) is 43.8 Å². The first-order valence-corrected chi connectivity index (χ1v) is 6.95. The van der Waals surface area contributed by atoms with E-state index in [4.69, 9.17) is 11.6 Å². The van der Waals surface area contributed by atoms with E-state index in [0.29, 0.717) is 0 Å². The number of anilines is 1. The molecule has 0 aliphatic rings. The average molecular weight is 291 g/mol. The van der Waals surface area contributed by atoms with Crippen molar-refractivity contribution in [3.63, 3.8) is 0 Å².